The Hall–Kier alpha value is -2.25. The lowest BCUT2D eigenvalue weighted by Gasteiger charge is -2.33. The number of nitrogens with one attached hydrogen (secondary N) is 1. The Morgan fingerprint density at radius 3 is 2.83 bits per heavy atom. The van der Waals surface area contributed by atoms with Crippen molar-refractivity contribution in [1.82, 2.24) is 19.6 Å². The summed E-state index contributed by atoms with van der Waals surface area (Å²) in [7, 11) is 0. The SMILES string of the molecule is Cc1cc2nc3sc(C(=O)NCCCN4CCCC[C@H]4C)cc(=O)n3c2cc1C. The van der Waals surface area contributed by atoms with Gasteiger partial charge in [-0.05, 0) is 69.8 Å². The number of fused-ring (bicyclic) bond motifs is 3. The van der Waals surface area contributed by atoms with Gasteiger partial charge in [-0.25, -0.2) is 4.98 Å². The second-order valence-electron chi connectivity index (χ2n) is 8.09. The molecule has 0 bridgehead atoms. The molecule has 4 rings (SSSR count). The van der Waals surface area contributed by atoms with E-state index in [1.54, 1.807) is 4.40 Å². The highest BCUT2D eigenvalue weighted by molar-refractivity contribution is 7.18. The van der Waals surface area contributed by atoms with Gasteiger partial charge < -0.3 is 10.2 Å². The summed E-state index contributed by atoms with van der Waals surface area (Å²) in [4.78, 5) is 33.3. The van der Waals surface area contributed by atoms with Crippen LogP contribution < -0.4 is 10.9 Å². The van der Waals surface area contributed by atoms with Crippen molar-refractivity contribution >= 4 is 33.2 Å². The third kappa shape index (κ3) is 4.07. The highest BCUT2D eigenvalue weighted by atomic mass is 32.1. The average molecular weight is 413 g/mol. The minimum absolute atomic E-state index is 0.194. The number of carbonyl (C=O) groups excluding carboxylic acids is 1. The number of rotatable bonds is 5. The van der Waals surface area contributed by atoms with Crippen LogP contribution in [0.3, 0.4) is 0 Å². The third-order valence-electron chi connectivity index (χ3n) is 5.99. The molecule has 6 nitrogen and oxygen atoms in total. The van der Waals surface area contributed by atoms with Crippen LogP contribution in [0.1, 0.15) is 53.4 Å². The van der Waals surface area contributed by atoms with E-state index in [4.69, 9.17) is 0 Å². The van der Waals surface area contributed by atoms with Gasteiger partial charge >= 0.3 is 0 Å². The molecule has 1 atom stereocenters. The van der Waals surface area contributed by atoms with Crippen LogP contribution in [0.15, 0.2) is 23.0 Å². The zero-order chi connectivity index (χ0) is 20.5. The first-order valence-electron chi connectivity index (χ1n) is 10.4. The van der Waals surface area contributed by atoms with Gasteiger partial charge in [-0.2, -0.15) is 0 Å². The molecule has 0 spiro atoms. The van der Waals surface area contributed by atoms with Crippen molar-refractivity contribution in [2.75, 3.05) is 19.6 Å². The van der Waals surface area contributed by atoms with Gasteiger partial charge in [-0.1, -0.05) is 17.8 Å². The lowest BCUT2D eigenvalue weighted by Crippen LogP contribution is -2.39. The van der Waals surface area contributed by atoms with Crippen molar-refractivity contribution in [1.29, 1.82) is 0 Å². The number of amides is 1. The number of likely N-dealkylation sites (tertiary alicyclic amines) is 1. The third-order valence-corrected chi connectivity index (χ3v) is 6.97. The Morgan fingerprint density at radius 2 is 2.03 bits per heavy atom. The van der Waals surface area contributed by atoms with Gasteiger partial charge in [0.2, 0.25) is 0 Å². The number of imidazole rings is 1. The maximum absolute atomic E-state index is 12.7. The number of nitrogens with zero attached hydrogens (tertiary/aromatic N) is 3. The molecule has 1 saturated heterocycles. The van der Waals surface area contributed by atoms with Crippen LogP contribution in [-0.4, -0.2) is 45.9 Å². The van der Waals surface area contributed by atoms with E-state index in [1.807, 2.05) is 26.0 Å². The fourth-order valence-electron chi connectivity index (χ4n) is 4.07. The van der Waals surface area contributed by atoms with E-state index in [0.29, 0.717) is 22.4 Å². The predicted molar refractivity (Wildman–Crippen MR) is 118 cm³/mol. The van der Waals surface area contributed by atoms with E-state index in [9.17, 15) is 9.59 Å². The molecule has 1 aromatic carbocycles. The van der Waals surface area contributed by atoms with E-state index < -0.39 is 0 Å². The number of hydrogen-bond acceptors (Lipinski definition) is 5. The number of aryl methyl sites for hydroxylation is 2. The normalized spacial score (nSPS) is 17.8. The van der Waals surface area contributed by atoms with Crippen LogP contribution >= 0.6 is 11.3 Å². The number of piperidine rings is 1. The Balaban J connectivity index is 1.46. The summed E-state index contributed by atoms with van der Waals surface area (Å²) >= 11 is 1.26. The molecule has 154 valence electrons. The standard InChI is InChI=1S/C22H28N4O2S/c1-14-11-17-18(12-15(14)2)26-20(27)13-19(29-22(26)24-17)21(28)23-8-6-10-25-9-5-4-7-16(25)3/h11-13,16H,4-10H2,1-3H3,(H,23,28)/t16-/m1/s1. The van der Waals surface area contributed by atoms with Crippen molar-refractivity contribution in [3.63, 3.8) is 0 Å². The molecule has 0 radical (unpaired) electrons. The molecule has 1 N–H and O–H groups in total. The van der Waals surface area contributed by atoms with E-state index in [2.05, 4.69) is 22.1 Å². The molecule has 7 heteroatoms. The lowest BCUT2D eigenvalue weighted by molar-refractivity contribution is 0.0952. The molecule has 1 aliphatic rings. The smallest absolute Gasteiger partial charge is 0.261 e. The molecule has 1 aliphatic heterocycles. The molecule has 3 heterocycles. The van der Waals surface area contributed by atoms with Gasteiger partial charge in [0, 0.05) is 25.2 Å². The number of aromatic nitrogens is 2. The van der Waals surface area contributed by atoms with Gasteiger partial charge in [-0.3, -0.25) is 14.0 Å². The van der Waals surface area contributed by atoms with Crippen molar-refractivity contribution in [3.8, 4) is 0 Å². The van der Waals surface area contributed by atoms with Gasteiger partial charge in [-0.15, -0.1) is 0 Å². The van der Waals surface area contributed by atoms with Crippen LogP contribution in [0.4, 0.5) is 0 Å². The summed E-state index contributed by atoms with van der Waals surface area (Å²) in [6, 6.07) is 6.04. The topological polar surface area (TPSA) is 66.7 Å². The van der Waals surface area contributed by atoms with Gasteiger partial charge in [0.15, 0.2) is 4.96 Å². The van der Waals surface area contributed by atoms with E-state index in [0.717, 1.165) is 41.7 Å². The largest absolute Gasteiger partial charge is 0.351 e. The minimum Gasteiger partial charge on any atom is -0.351 e. The second kappa shape index (κ2) is 8.24. The summed E-state index contributed by atoms with van der Waals surface area (Å²) in [6.07, 6.45) is 4.76. The zero-order valence-electron chi connectivity index (χ0n) is 17.3. The Kier molecular flexibility index (Phi) is 5.69. The van der Waals surface area contributed by atoms with E-state index in [-0.39, 0.29) is 11.5 Å². The van der Waals surface area contributed by atoms with E-state index in [1.165, 1.54) is 36.7 Å². The zero-order valence-corrected chi connectivity index (χ0v) is 18.1. The molecule has 29 heavy (non-hydrogen) atoms. The Morgan fingerprint density at radius 1 is 1.24 bits per heavy atom. The van der Waals surface area contributed by atoms with Crippen LogP contribution in [-0.2, 0) is 0 Å². The van der Waals surface area contributed by atoms with Crippen LogP contribution in [0, 0.1) is 13.8 Å². The summed E-state index contributed by atoms with van der Waals surface area (Å²) in [5.41, 5.74) is 3.63. The second-order valence-corrected chi connectivity index (χ2v) is 9.10. The first-order valence-corrected chi connectivity index (χ1v) is 11.2. The van der Waals surface area contributed by atoms with Crippen LogP contribution in [0.25, 0.3) is 16.0 Å². The molecule has 0 unspecified atom stereocenters. The Labute approximate surface area is 174 Å². The summed E-state index contributed by atoms with van der Waals surface area (Å²) in [5, 5.41) is 2.97. The Bertz CT molecular complexity index is 1120. The van der Waals surface area contributed by atoms with Crippen molar-refractivity contribution in [2.24, 2.45) is 0 Å². The molecule has 1 fully saturated rings. The van der Waals surface area contributed by atoms with Crippen molar-refractivity contribution < 1.29 is 4.79 Å². The fraction of sp³-hybridized carbons (Fsp3) is 0.500. The van der Waals surface area contributed by atoms with Gasteiger partial charge in [0.05, 0.1) is 11.0 Å². The monoisotopic (exact) mass is 412 g/mol. The lowest BCUT2D eigenvalue weighted by atomic mass is 10.0. The highest BCUT2D eigenvalue weighted by Crippen LogP contribution is 2.22. The molecule has 2 aromatic heterocycles. The molecule has 1 amide bonds. The molecule has 3 aromatic rings. The van der Waals surface area contributed by atoms with Gasteiger partial charge in [0.25, 0.3) is 11.5 Å². The quantitative estimate of drug-likeness (QED) is 0.651. The summed E-state index contributed by atoms with van der Waals surface area (Å²) in [5.74, 6) is -0.194. The summed E-state index contributed by atoms with van der Waals surface area (Å²) in [6.45, 7) is 9.10. The maximum Gasteiger partial charge on any atom is 0.261 e. The van der Waals surface area contributed by atoms with Crippen molar-refractivity contribution in [3.05, 3.63) is 44.6 Å². The van der Waals surface area contributed by atoms with Crippen molar-refractivity contribution in [2.45, 2.75) is 52.5 Å². The number of carbonyl (C=O) groups is 1. The average Bonchev–Trinajstić information content (AvgIpc) is 3.04. The highest BCUT2D eigenvalue weighted by Gasteiger charge is 2.18. The van der Waals surface area contributed by atoms with E-state index >= 15 is 0 Å². The number of hydrogen-bond donors (Lipinski definition) is 1. The molecular formula is C22H28N4O2S. The minimum atomic E-state index is -0.211. The first-order chi connectivity index (χ1) is 13.9. The first kappa shape index (κ1) is 20.0. The fourth-order valence-corrected chi connectivity index (χ4v) is 5.01. The van der Waals surface area contributed by atoms with Crippen LogP contribution in [0.2, 0.25) is 0 Å². The molecular weight excluding hydrogens is 384 g/mol. The van der Waals surface area contributed by atoms with Crippen LogP contribution in [0.5, 0.6) is 0 Å². The predicted octanol–water partition coefficient (Wildman–Crippen LogP) is 3.52. The number of benzene rings is 1. The summed E-state index contributed by atoms with van der Waals surface area (Å²) < 4.78 is 1.60. The van der Waals surface area contributed by atoms with Gasteiger partial charge in [0.1, 0.15) is 4.88 Å². The molecule has 0 aliphatic carbocycles. The molecule has 0 saturated carbocycles. The maximum atomic E-state index is 12.7.